The van der Waals surface area contributed by atoms with Crippen LogP contribution in [0.15, 0.2) is 81.3 Å². The summed E-state index contributed by atoms with van der Waals surface area (Å²) in [4.78, 5) is 19.0. The van der Waals surface area contributed by atoms with Crippen molar-refractivity contribution in [3.05, 3.63) is 72.3 Å². The molecule has 0 spiro atoms. The highest BCUT2D eigenvalue weighted by molar-refractivity contribution is 7.99. The molecule has 10 heteroatoms. The van der Waals surface area contributed by atoms with Crippen LogP contribution >= 0.6 is 11.8 Å². The van der Waals surface area contributed by atoms with Gasteiger partial charge in [-0.1, -0.05) is 30.0 Å². The van der Waals surface area contributed by atoms with Gasteiger partial charge >= 0.3 is 0 Å². The number of ether oxygens (including phenoxy) is 1. The zero-order valence-electron chi connectivity index (χ0n) is 18.2. The number of hydrogen-bond donors (Lipinski definition) is 1. The molecule has 1 aliphatic rings. The van der Waals surface area contributed by atoms with Crippen LogP contribution in [0.3, 0.4) is 0 Å². The lowest BCUT2D eigenvalue weighted by atomic mass is 10.2. The molecule has 0 unspecified atom stereocenters. The third-order valence-electron chi connectivity index (χ3n) is 5.50. The Hall–Kier alpha value is -3.50. The highest BCUT2D eigenvalue weighted by Crippen LogP contribution is 2.30. The van der Waals surface area contributed by atoms with Gasteiger partial charge in [-0.2, -0.15) is 0 Å². The summed E-state index contributed by atoms with van der Waals surface area (Å²) in [5, 5.41) is 0.313. The second-order valence-electron chi connectivity index (χ2n) is 7.66. The van der Waals surface area contributed by atoms with Crippen LogP contribution in [0.1, 0.15) is 5.56 Å². The molecule has 0 radical (unpaired) electrons. The molecule has 0 aliphatic carbocycles. The summed E-state index contributed by atoms with van der Waals surface area (Å²) in [5.74, 6) is 0.777. The smallest absolute Gasteiger partial charge is 0.261 e. The number of carbonyl (C=O) groups excluding carboxylic acids is 1. The Morgan fingerprint density at radius 3 is 2.74 bits per heavy atom. The van der Waals surface area contributed by atoms with Crippen LogP contribution in [0.4, 0.5) is 11.4 Å². The van der Waals surface area contributed by atoms with Crippen molar-refractivity contribution in [1.82, 2.24) is 4.98 Å². The van der Waals surface area contributed by atoms with Gasteiger partial charge in [-0.05, 0) is 60.5 Å². The first-order valence-electron chi connectivity index (χ1n) is 10.5. The van der Waals surface area contributed by atoms with Crippen molar-refractivity contribution in [1.29, 1.82) is 0 Å². The molecule has 0 bridgehead atoms. The van der Waals surface area contributed by atoms with Crippen molar-refractivity contribution in [2.24, 2.45) is 0 Å². The fraction of sp³-hybridized carbons (Fsp3) is 0.167. The topological polar surface area (TPSA) is 102 Å². The van der Waals surface area contributed by atoms with E-state index in [1.807, 2.05) is 24.3 Å². The lowest BCUT2D eigenvalue weighted by molar-refractivity contribution is -0.116. The minimum atomic E-state index is -3.82. The van der Waals surface area contributed by atoms with E-state index < -0.39 is 10.0 Å². The van der Waals surface area contributed by atoms with Crippen LogP contribution in [0.2, 0.25) is 0 Å². The summed E-state index contributed by atoms with van der Waals surface area (Å²) in [6.07, 6.45) is 0.845. The Balaban J connectivity index is 1.28. The standard InChI is InChI=1S/C24H21N3O5S2/c1-31-18-8-6-17(7-9-18)26-34(29,30)19-10-11-22-20(14-19)25-24(32-22)33-15-23(28)27-13-12-16-4-2-3-5-21(16)27/h2-11,14,26H,12-13,15H2,1H3. The molecule has 0 fully saturated rings. The van der Waals surface area contributed by atoms with E-state index in [2.05, 4.69) is 9.71 Å². The molecule has 1 amide bonds. The van der Waals surface area contributed by atoms with Crippen LogP contribution < -0.4 is 14.4 Å². The van der Waals surface area contributed by atoms with Gasteiger partial charge in [-0.3, -0.25) is 9.52 Å². The molecule has 1 N–H and O–H groups in total. The average Bonchev–Trinajstić information content (AvgIpc) is 3.46. The number of benzene rings is 3. The number of thioether (sulfide) groups is 1. The van der Waals surface area contributed by atoms with Crippen molar-refractivity contribution in [2.45, 2.75) is 16.5 Å². The monoisotopic (exact) mass is 495 g/mol. The molecule has 4 aromatic rings. The third kappa shape index (κ3) is 4.46. The number of oxazole rings is 1. The van der Waals surface area contributed by atoms with Gasteiger partial charge in [-0.15, -0.1) is 0 Å². The number of sulfonamides is 1. The van der Waals surface area contributed by atoms with Crippen molar-refractivity contribution in [2.75, 3.05) is 29.0 Å². The summed E-state index contributed by atoms with van der Waals surface area (Å²) in [5.41, 5.74) is 3.38. The molecule has 0 saturated carbocycles. The Bertz CT molecular complexity index is 1470. The zero-order valence-corrected chi connectivity index (χ0v) is 19.9. The molecule has 0 saturated heterocycles. The minimum absolute atomic E-state index is 0.0239. The second-order valence-corrected chi connectivity index (χ2v) is 10.3. The maximum Gasteiger partial charge on any atom is 0.261 e. The van der Waals surface area contributed by atoms with Crippen LogP contribution in [0.25, 0.3) is 11.1 Å². The van der Waals surface area contributed by atoms with Gasteiger partial charge < -0.3 is 14.1 Å². The fourth-order valence-corrected chi connectivity index (χ4v) is 5.58. The van der Waals surface area contributed by atoms with Crippen LogP contribution in [-0.4, -0.2) is 38.7 Å². The van der Waals surface area contributed by atoms with Gasteiger partial charge in [0.05, 0.1) is 17.8 Å². The number of nitrogens with one attached hydrogen (secondary N) is 1. The van der Waals surface area contributed by atoms with E-state index in [9.17, 15) is 13.2 Å². The Morgan fingerprint density at radius 2 is 1.94 bits per heavy atom. The lowest BCUT2D eigenvalue weighted by Crippen LogP contribution is -2.30. The summed E-state index contributed by atoms with van der Waals surface area (Å²) in [7, 11) is -2.28. The van der Waals surface area contributed by atoms with E-state index >= 15 is 0 Å². The number of nitrogens with zero attached hydrogens (tertiary/aromatic N) is 2. The lowest BCUT2D eigenvalue weighted by Gasteiger charge is -2.16. The maximum absolute atomic E-state index is 12.8. The molecule has 1 aromatic heterocycles. The number of hydrogen-bond acceptors (Lipinski definition) is 7. The van der Waals surface area contributed by atoms with Gasteiger partial charge in [0, 0.05) is 17.9 Å². The first-order valence-corrected chi connectivity index (χ1v) is 13.0. The van der Waals surface area contributed by atoms with E-state index in [1.165, 1.54) is 29.5 Å². The van der Waals surface area contributed by atoms with Crippen LogP contribution in [-0.2, 0) is 21.2 Å². The summed E-state index contributed by atoms with van der Waals surface area (Å²) < 4.78 is 39.0. The number of amides is 1. The van der Waals surface area contributed by atoms with E-state index in [1.54, 1.807) is 42.3 Å². The zero-order chi connectivity index (χ0) is 23.7. The van der Waals surface area contributed by atoms with Crippen molar-refractivity contribution >= 4 is 50.2 Å². The molecule has 0 atom stereocenters. The largest absolute Gasteiger partial charge is 0.497 e. The SMILES string of the molecule is COc1ccc(NS(=O)(=O)c2ccc3oc(SCC(=O)N4CCc5ccccc54)nc3c2)cc1. The Labute approximate surface area is 201 Å². The summed E-state index contributed by atoms with van der Waals surface area (Å²) in [6, 6.07) is 18.9. The predicted molar refractivity (Wildman–Crippen MR) is 131 cm³/mol. The summed E-state index contributed by atoms with van der Waals surface area (Å²) >= 11 is 1.19. The van der Waals surface area contributed by atoms with E-state index in [0.29, 0.717) is 34.3 Å². The van der Waals surface area contributed by atoms with E-state index in [-0.39, 0.29) is 16.6 Å². The second kappa shape index (κ2) is 9.03. The number of para-hydroxylation sites is 1. The minimum Gasteiger partial charge on any atom is -0.497 e. The first kappa shape index (κ1) is 22.3. The normalized spacial score (nSPS) is 13.1. The van der Waals surface area contributed by atoms with Gasteiger partial charge in [0.2, 0.25) is 5.91 Å². The molecule has 3 aromatic carbocycles. The highest BCUT2D eigenvalue weighted by atomic mass is 32.2. The number of anilines is 2. The number of aromatic nitrogens is 1. The molecule has 8 nitrogen and oxygen atoms in total. The molecule has 5 rings (SSSR count). The first-order chi connectivity index (χ1) is 16.4. The van der Waals surface area contributed by atoms with Gasteiger partial charge in [0.15, 0.2) is 5.58 Å². The number of carbonyl (C=O) groups is 1. The van der Waals surface area contributed by atoms with Gasteiger partial charge in [0.25, 0.3) is 15.2 Å². The number of rotatable bonds is 7. The molecule has 2 heterocycles. The molecule has 174 valence electrons. The van der Waals surface area contributed by atoms with E-state index in [4.69, 9.17) is 9.15 Å². The molecular formula is C24H21N3O5S2. The summed E-state index contributed by atoms with van der Waals surface area (Å²) in [6.45, 7) is 0.661. The molecule has 1 aliphatic heterocycles. The molecule has 34 heavy (non-hydrogen) atoms. The van der Waals surface area contributed by atoms with Crippen molar-refractivity contribution in [3.8, 4) is 5.75 Å². The molecular weight excluding hydrogens is 474 g/mol. The number of methoxy groups -OCH3 is 1. The quantitative estimate of drug-likeness (QED) is 0.381. The highest BCUT2D eigenvalue weighted by Gasteiger charge is 2.24. The number of fused-ring (bicyclic) bond motifs is 2. The van der Waals surface area contributed by atoms with Crippen molar-refractivity contribution in [3.63, 3.8) is 0 Å². The van der Waals surface area contributed by atoms with Crippen LogP contribution in [0, 0.1) is 0 Å². The average molecular weight is 496 g/mol. The van der Waals surface area contributed by atoms with Gasteiger partial charge in [-0.25, -0.2) is 13.4 Å². The van der Waals surface area contributed by atoms with E-state index in [0.717, 1.165) is 12.1 Å². The van der Waals surface area contributed by atoms with Crippen LogP contribution in [0.5, 0.6) is 5.75 Å². The maximum atomic E-state index is 12.8. The van der Waals surface area contributed by atoms with Gasteiger partial charge in [0.1, 0.15) is 11.3 Å². The van der Waals surface area contributed by atoms with Crippen molar-refractivity contribution < 1.29 is 22.4 Å². The third-order valence-corrected chi connectivity index (χ3v) is 7.69. The Kier molecular flexibility index (Phi) is 5.93. The fourth-order valence-electron chi connectivity index (χ4n) is 3.79. The predicted octanol–water partition coefficient (Wildman–Crippen LogP) is 4.32. The Morgan fingerprint density at radius 1 is 1.15 bits per heavy atom.